The number of nitrogens with one attached hydrogen (secondary N) is 2. The second kappa shape index (κ2) is 9.32. The van der Waals surface area contributed by atoms with Crippen molar-refractivity contribution in [1.82, 2.24) is 25.4 Å². The first kappa shape index (κ1) is 17.4. The van der Waals surface area contributed by atoms with Crippen molar-refractivity contribution < 1.29 is 0 Å². The molecule has 0 aliphatic carbocycles. The number of rotatable bonds is 5. The van der Waals surface area contributed by atoms with Crippen LogP contribution in [0.2, 0.25) is 0 Å². The molecule has 21 heavy (non-hydrogen) atoms. The van der Waals surface area contributed by atoms with E-state index in [0.717, 1.165) is 30.2 Å². The van der Waals surface area contributed by atoms with Crippen LogP contribution >= 0.6 is 24.0 Å². The molecule has 6 nitrogen and oxygen atoms in total. The van der Waals surface area contributed by atoms with Crippen LogP contribution in [0.15, 0.2) is 41.8 Å². The molecule has 2 aromatic heterocycles. The predicted octanol–water partition coefficient (Wildman–Crippen LogP) is 1.34. The van der Waals surface area contributed by atoms with Gasteiger partial charge in [-0.05, 0) is 12.1 Å². The van der Waals surface area contributed by atoms with E-state index in [9.17, 15) is 0 Å². The van der Waals surface area contributed by atoms with E-state index >= 15 is 0 Å². The maximum absolute atomic E-state index is 4.29. The number of halogens is 1. The highest BCUT2D eigenvalue weighted by Gasteiger charge is 2.00. The molecule has 0 aromatic carbocycles. The van der Waals surface area contributed by atoms with Crippen molar-refractivity contribution in [3.8, 4) is 0 Å². The van der Waals surface area contributed by atoms with Gasteiger partial charge in [-0.15, -0.1) is 24.0 Å². The summed E-state index contributed by atoms with van der Waals surface area (Å²) in [5.41, 5.74) is 2.20. The van der Waals surface area contributed by atoms with Crippen molar-refractivity contribution in [2.75, 3.05) is 13.6 Å². The lowest BCUT2D eigenvalue weighted by Gasteiger charge is -2.10. The van der Waals surface area contributed by atoms with E-state index in [1.54, 1.807) is 11.7 Å². The van der Waals surface area contributed by atoms with Crippen LogP contribution in [0.1, 0.15) is 11.3 Å². The maximum atomic E-state index is 4.29. The highest BCUT2D eigenvalue weighted by Crippen LogP contribution is 1.95. The Bertz CT molecular complexity index is 552. The smallest absolute Gasteiger partial charge is 0.191 e. The number of hydrogen-bond donors (Lipinski definition) is 2. The van der Waals surface area contributed by atoms with Crippen LogP contribution in [0.25, 0.3) is 0 Å². The van der Waals surface area contributed by atoms with Gasteiger partial charge in [0, 0.05) is 57.3 Å². The monoisotopic (exact) mass is 400 g/mol. The lowest BCUT2D eigenvalue weighted by molar-refractivity contribution is 0.763. The van der Waals surface area contributed by atoms with E-state index in [2.05, 4.69) is 25.7 Å². The number of aromatic nitrogens is 3. The highest BCUT2D eigenvalue weighted by atomic mass is 127. The average Bonchev–Trinajstić information content (AvgIpc) is 2.89. The Morgan fingerprint density at radius 3 is 2.81 bits per heavy atom. The van der Waals surface area contributed by atoms with Crippen LogP contribution in [0.3, 0.4) is 0 Å². The standard InChI is InChI=1S/C14H20N6.HI/c1-15-14(18-9-12-10-19-20(2)11-12)17-8-6-13-5-3-4-7-16-13;/h3-5,7,10-11H,6,8-9H2,1-2H3,(H2,15,17,18);1H. The highest BCUT2D eigenvalue weighted by molar-refractivity contribution is 14.0. The van der Waals surface area contributed by atoms with Gasteiger partial charge in [-0.25, -0.2) is 0 Å². The van der Waals surface area contributed by atoms with Gasteiger partial charge in [0.15, 0.2) is 5.96 Å². The molecule has 0 spiro atoms. The number of aryl methyl sites for hydroxylation is 1. The van der Waals surface area contributed by atoms with Crippen LogP contribution in [0, 0.1) is 0 Å². The van der Waals surface area contributed by atoms with E-state index in [1.165, 1.54) is 0 Å². The molecule has 0 aliphatic heterocycles. The number of guanidine groups is 1. The zero-order chi connectivity index (χ0) is 14.2. The molecule has 0 fully saturated rings. The van der Waals surface area contributed by atoms with Crippen molar-refractivity contribution in [2.24, 2.45) is 12.0 Å². The summed E-state index contributed by atoms with van der Waals surface area (Å²) in [7, 11) is 3.67. The number of hydrogen-bond acceptors (Lipinski definition) is 3. The third-order valence-corrected chi connectivity index (χ3v) is 2.84. The molecular formula is C14H21IN6. The Kier molecular flexibility index (Phi) is 7.73. The summed E-state index contributed by atoms with van der Waals surface area (Å²) in [6.07, 6.45) is 6.50. The first-order chi connectivity index (χ1) is 9.78. The van der Waals surface area contributed by atoms with Crippen LogP contribution in [-0.2, 0) is 20.0 Å². The Hall–Kier alpha value is -1.64. The van der Waals surface area contributed by atoms with E-state index < -0.39 is 0 Å². The van der Waals surface area contributed by atoms with Crippen molar-refractivity contribution in [2.45, 2.75) is 13.0 Å². The summed E-state index contributed by atoms with van der Waals surface area (Å²) in [6, 6.07) is 5.94. The Labute approximate surface area is 142 Å². The number of aliphatic imine (C=N–C) groups is 1. The fourth-order valence-electron chi connectivity index (χ4n) is 1.82. The van der Waals surface area contributed by atoms with Gasteiger partial charge in [0.1, 0.15) is 0 Å². The van der Waals surface area contributed by atoms with Crippen molar-refractivity contribution >= 4 is 29.9 Å². The molecule has 0 radical (unpaired) electrons. The van der Waals surface area contributed by atoms with Gasteiger partial charge in [-0.1, -0.05) is 6.07 Å². The third kappa shape index (κ3) is 6.11. The molecule has 2 rings (SSSR count). The summed E-state index contributed by atoms with van der Waals surface area (Å²) in [6.45, 7) is 1.50. The summed E-state index contributed by atoms with van der Waals surface area (Å²) in [5.74, 6) is 0.782. The molecule has 2 N–H and O–H groups in total. The van der Waals surface area contributed by atoms with Gasteiger partial charge in [0.25, 0.3) is 0 Å². The molecule has 2 aromatic rings. The van der Waals surface area contributed by atoms with Crippen molar-refractivity contribution in [3.05, 3.63) is 48.0 Å². The Morgan fingerprint density at radius 2 is 2.19 bits per heavy atom. The molecule has 0 bridgehead atoms. The lowest BCUT2D eigenvalue weighted by atomic mass is 10.3. The Balaban J connectivity index is 0.00000220. The van der Waals surface area contributed by atoms with E-state index in [1.807, 2.05) is 43.8 Å². The fourth-order valence-corrected chi connectivity index (χ4v) is 1.82. The fraction of sp³-hybridized carbons (Fsp3) is 0.357. The molecule has 0 saturated carbocycles. The quantitative estimate of drug-likeness (QED) is 0.452. The van der Waals surface area contributed by atoms with E-state index in [-0.39, 0.29) is 24.0 Å². The SMILES string of the molecule is CN=C(NCCc1ccccn1)NCc1cnn(C)c1.I. The first-order valence-corrected chi connectivity index (χ1v) is 6.60. The third-order valence-electron chi connectivity index (χ3n) is 2.84. The normalized spacial score (nSPS) is 10.9. The van der Waals surface area contributed by atoms with E-state index in [4.69, 9.17) is 0 Å². The minimum Gasteiger partial charge on any atom is -0.356 e. The van der Waals surface area contributed by atoms with Gasteiger partial charge in [0.2, 0.25) is 0 Å². The predicted molar refractivity (Wildman–Crippen MR) is 94.8 cm³/mol. The molecule has 0 aliphatic rings. The van der Waals surface area contributed by atoms with Crippen molar-refractivity contribution in [3.63, 3.8) is 0 Å². The minimum atomic E-state index is 0. The van der Waals surface area contributed by atoms with Gasteiger partial charge >= 0.3 is 0 Å². The molecule has 0 saturated heterocycles. The molecule has 0 amide bonds. The largest absolute Gasteiger partial charge is 0.356 e. The number of pyridine rings is 1. The average molecular weight is 400 g/mol. The van der Waals surface area contributed by atoms with Gasteiger partial charge < -0.3 is 10.6 Å². The van der Waals surface area contributed by atoms with Crippen molar-refractivity contribution in [1.29, 1.82) is 0 Å². The zero-order valence-electron chi connectivity index (χ0n) is 12.3. The van der Waals surface area contributed by atoms with Gasteiger partial charge in [0.05, 0.1) is 6.20 Å². The lowest BCUT2D eigenvalue weighted by Crippen LogP contribution is -2.37. The summed E-state index contributed by atoms with van der Waals surface area (Å²) >= 11 is 0. The molecule has 0 unspecified atom stereocenters. The van der Waals surface area contributed by atoms with Gasteiger partial charge in [-0.2, -0.15) is 5.10 Å². The summed E-state index contributed by atoms with van der Waals surface area (Å²) in [5, 5.41) is 10.6. The Morgan fingerprint density at radius 1 is 1.33 bits per heavy atom. The molecule has 7 heteroatoms. The zero-order valence-corrected chi connectivity index (χ0v) is 14.6. The van der Waals surface area contributed by atoms with Crippen LogP contribution in [0.4, 0.5) is 0 Å². The van der Waals surface area contributed by atoms with Crippen LogP contribution < -0.4 is 10.6 Å². The maximum Gasteiger partial charge on any atom is 0.191 e. The summed E-state index contributed by atoms with van der Waals surface area (Å²) < 4.78 is 1.79. The molecular weight excluding hydrogens is 379 g/mol. The van der Waals surface area contributed by atoms with Gasteiger partial charge in [-0.3, -0.25) is 14.7 Å². The molecule has 114 valence electrons. The number of nitrogens with zero attached hydrogens (tertiary/aromatic N) is 4. The van der Waals surface area contributed by atoms with Crippen LogP contribution in [0.5, 0.6) is 0 Å². The summed E-state index contributed by atoms with van der Waals surface area (Å²) in [4.78, 5) is 8.47. The van der Waals surface area contributed by atoms with Crippen LogP contribution in [-0.4, -0.2) is 34.3 Å². The minimum absolute atomic E-state index is 0. The topological polar surface area (TPSA) is 67.1 Å². The second-order valence-corrected chi connectivity index (χ2v) is 4.45. The second-order valence-electron chi connectivity index (χ2n) is 4.45. The molecule has 2 heterocycles. The van der Waals surface area contributed by atoms with E-state index in [0.29, 0.717) is 6.54 Å². The molecule has 0 atom stereocenters. The first-order valence-electron chi connectivity index (χ1n) is 6.60.